The molecule has 1 unspecified atom stereocenters. The number of nitrogens with one attached hydrogen (secondary N) is 2. The van der Waals surface area contributed by atoms with Gasteiger partial charge in [0.25, 0.3) is 0 Å². The summed E-state index contributed by atoms with van der Waals surface area (Å²) in [4.78, 5) is 14.2. The van der Waals surface area contributed by atoms with Crippen LogP contribution in [0.5, 0.6) is 11.5 Å². The Hall–Kier alpha value is -2.83. The van der Waals surface area contributed by atoms with Crippen LogP contribution in [-0.4, -0.2) is 35.5 Å². The zero-order chi connectivity index (χ0) is 18.5. The first kappa shape index (κ1) is 18.0. The summed E-state index contributed by atoms with van der Waals surface area (Å²) in [7, 11) is 1.64. The number of aromatic hydroxyl groups is 1. The zero-order valence-corrected chi connectivity index (χ0v) is 14.5. The molecular formula is C20H22N2O4. The number of aromatic amines is 1. The molecule has 1 aromatic heterocycles. The smallest absolute Gasteiger partial charge is 0.248 e. The number of pyridine rings is 1. The minimum atomic E-state index is -0.321. The zero-order valence-electron chi connectivity index (χ0n) is 14.5. The average molecular weight is 354 g/mol. The third-order valence-corrected chi connectivity index (χ3v) is 4.44. The lowest BCUT2D eigenvalue weighted by Gasteiger charge is -2.19. The molecule has 6 nitrogen and oxygen atoms in total. The van der Waals surface area contributed by atoms with Crippen molar-refractivity contribution in [2.45, 2.75) is 12.5 Å². The highest BCUT2D eigenvalue weighted by molar-refractivity contribution is 5.87. The Morgan fingerprint density at radius 1 is 1.15 bits per heavy atom. The van der Waals surface area contributed by atoms with Crippen LogP contribution in [-0.2, 0) is 6.42 Å². The molecule has 0 radical (unpaired) electrons. The highest BCUT2D eigenvalue weighted by atomic mass is 16.5. The molecule has 4 N–H and O–H groups in total. The number of aromatic nitrogens is 1. The lowest BCUT2D eigenvalue weighted by Crippen LogP contribution is -2.27. The van der Waals surface area contributed by atoms with Crippen LogP contribution in [0, 0.1) is 0 Å². The van der Waals surface area contributed by atoms with Gasteiger partial charge in [0.1, 0.15) is 11.5 Å². The van der Waals surface area contributed by atoms with Gasteiger partial charge in [-0.15, -0.1) is 0 Å². The number of methoxy groups -OCH3 is 1. The van der Waals surface area contributed by atoms with E-state index >= 15 is 0 Å². The van der Waals surface area contributed by atoms with Crippen molar-refractivity contribution in [3.63, 3.8) is 0 Å². The van der Waals surface area contributed by atoms with Crippen molar-refractivity contribution in [1.29, 1.82) is 0 Å². The summed E-state index contributed by atoms with van der Waals surface area (Å²) in [6, 6.07) is 13.9. The maximum atomic E-state index is 11.5. The molecule has 0 saturated heterocycles. The van der Waals surface area contributed by atoms with E-state index in [1.54, 1.807) is 19.2 Å². The predicted molar refractivity (Wildman–Crippen MR) is 101 cm³/mol. The molecule has 3 aromatic rings. The van der Waals surface area contributed by atoms with Crippen molar-refractivity contribution >= 4 is 10.9 Å². The lowest BCUT2D eigenvalue weighted by atomic mass is 10.0. The van der Waals surface area contributed by atoms with E-state index in [1.165, 1.54) is 12.1 Å². The molecule has 1 atom stereocenters. The Labute approximate surface area is 151 Å². The molecule has 26 heavy (non-hydrogen) atoms. The Balaban J connectivity index is 1.80. The highest BCUT2D eigenvalue weighted by Crippen LogP contribution is 2.28. The van der Waals surface area contributed by atoms with Gasteiger partial charge < -0.3 is 25.3 Å². The van der Waals surface area contributed by atoms with E-state index in [9.17, 15) is 15.0 Å². The number of fused-ring (bicyclic) bond motifs is 1. The summed E-state index contributed by atoms with van der Waals surface area (Å²) in [5.41, 5.74) is 1.99. The van der Waals surface area contributed by atoms with Crippen molar-refractivity contribution in [2.24, 2.45) is 0 Å². The predicted octanol–water partition coefficient (Wildman–Crippen LogP) is 2.11. The minimum Gasteiger partial charge on any atom is -0.506 e. The van der Waals surface area contributed by atoms with E-state index < -0.39 is 0 Å². The van der Waals surface area contributed by atoms with Crippen molar-refractivity contribution in [2.75, 3.05) is 20.3 Å². The third-order valence-electron chi connectivity index (χ3n) is 4.44. The highest BCUT2D eigenvalue weighted by Gasteiger charge is 2.15. The molecule has 0 aliphatic rings. The summed E-state index contributed by atoms with van der Waals surface area (Å²) in [5, 5.41) is 23.9. The van der Waals surface area contributed by atoms with Crippen LogP contribution < -0.4 is 15.6 Å². The van der Waals surface area contributed by atoms with Gasteiger partial charge in [-0.25, -0.2) is 0 Å². The van der Waals surface area contributed by atoms with E-state index in [4.69, 9.17) is 4.74 Å². The number of phenols is 1. The van der Waals surface area contributed by atoms with Gasteiger partial charge in [-0.1, -0.05) is 24.3 Å². The van der Waals surface area contributed by atoms with Crippen molar-refractivity contribution < 1.29 is 14.9 Å². The molecular weight excluding hydrogens is 332 g/mol. The first-order valence-corrected chi connectivity index (χ1v) is 8.45. The summed E-state index contributed by atoms with van der Waals surface area (Å²) < 4.78 is 5.36. The number of hydrogen-bond donors (Lipinski definition) is 4. The molecule has 1 heterocycles. The Morgan fingerprint density at radius 3 is 2.73 bits per heavy atom. The fourth-order valence-corrected chi connectivity index (χ4v) is 3.13. The van der Waals surface area contributed by atoms with Crippen molar-refractivity contribution in [3.8, 4) is 11.5 Å². The quantitative estimate of drug-likeness (QED) is 0.521. The fourth-order valence-electron chi connectivity index (χ4n) is 3.13. The summed E-state index contributed by atoms with van der Waals surface area (Å²) in [6.07, 6.45) is 0.743. The minimum absolute atomic E-state index is 0.00663. The number of ether oxygens (including phenoxy) is 1. The van der Waals surface area contributed by atoms with Gasteiger partial charge in [0.2, 0.25) is 5.56 Å². The standard InChI is InChI=1S/C20H22N2O4/c1-26-18-5-3-2-4-13(18)10-11-21-16(12-23)14-6-8-17(24)20-15(14)7-9-19(25)22-20/h2-9,16,21,23-24H,10-12H2,1H3,(H,22,25). The van der Waals surface area contributed by atoms with Gasteiger partial charge in [0.05, 0.1) is 25.3 Å². The molecule has 3 rings (SSSR count). The van der Waals surface area contributed by atoms with Gasteiger partial charge in [-0.2, -0.15) is 0 Å². The second-order valence-corrected chi connectivity index (χ2v) is 6.04. The number of H-pyrrole nitrogens is 1. The summed E-state index contributed by atoms with van der Waals surface area (Å²) in [5.74, 6) is 0.842. The second-order valence-electron chi connectivity index (χ2n) is 6.04. The maximum Gasteiger partial charge on any atom is 0.248 e. The van der Waals surface area contributed by atoms with Crippen LogP contribution in [0.4, 0.5) is 0 Å². The van der Waals surface area contributed by atoms with Crippen LogP contribution in [0.25, 0.3) is 10.9 Å². The number of aliphatic hydroxyl groups is 1. The summed E-state index contributed by atoms with van der Waals surface area (Å²) >= 11 is 0. The maximum absolute atomic E-state index is 11.5. The molecule has 136 valence electrons. The first-order chi connectivity index (χ1) is 12.6. The van der Waals surface area contributed by atoms with Gasteiger partial charge in [0.15, 0.2) is 0 Å². The van der Waals surface area contributed by atoms with Crippen LogP contribution in [0.15, 0.2) is 53.3 Å². The van der Waals surface area contributed by atoms with Crippen LogP contribution in [0.3, 0.4) is 0 Å². The van der Waals surface area contributed by atoms with E-state index in [0.717, 1.165) is 23.3 Å². The van der Waals surface area contributed by atoms with Gasteiger partial charge >= 0.3 is 0 Å². The third kappa shape index (κ3) is 3.71. The number of rotatable bonds is 7. The van der Waals surface area contributed by atoms with Gasteiger partial charge in [-0.3, -0.25) is 4.79 Å². The number of benzene rings is 2. The van der Waals surface area contributed by atoms with E-state index in [-0.39, 0.29) is 24.0 Å². The largest absolute Gasteiger partial charge is 0.506 e. The molecule has 0 spiro atoms. The second kappa shape index (κ2) is 8.03. The first-order valence-electron chi connectivity index (χ1n) is 8.45. The van der Waals surface area contributed by atoms with E-state index in [1.807, 2.05) is 24.3 Å². The number of aliphatic hydroxyl groups excluding tert-OH is 1. The van der Waals surface area contributed by atoms with Crippen molar-refractivity contribution in [1.82, 2.24) is 10.3 Å². The molecule has 0 aliphatic heterocycles. The molecule has 2 aromatic carbocycles. The SMILES string of the molecule is COc1ccccc1CCNC(CO)c1ccc(O)c2[nH]c(=O)ccc12. The molecule has 0 amide bonds. The average Bonchev–Trinajstić information content (AvgIpc) is 2.67. The fraction of sp³-hybridized carbons (Fsp3) is 0.250. The van der Waals surface area contributed by atoms with E-state index in [2.05, 4.69) is 10.3 Å². The van der Waals surface area contributed by atoms with E-state index in [0.29, 0.717) is 17.4 Å². The topological polar surface area (TPSA) is 94.6 Å². The normalized spacial score (nSPS) is 12.2. The monoisotopic (exact) mass is 354 g/mol. The number of para-hydroxylation sites is 1. The molecule has 0 bridgehead atoms. The number of phenolic OH excluding ortho intramolecular Hbond substituents is 1. The van der Waals surface area contributed by atoms with Gasteiger partial charge in [0, 0.05) is 11.5 Å². The van der Waals surface area contributed by atoms with Crippen LogP contribution >= 0.6 is 0 Å². The Morgan fingerprint density at radius 2 is 1.96 bits per heavy atom. The molecule has 6 heteroatoms. The molecule has 0 saturated carbocycles. The van der Waals surface area contributed by atoms with Crippen LogP contribution in [0.1, 0.15) is 17.2 Å². The molecule has 0 aliphatic carbocycles. The van der Waals surface area contributed by atoms with Gasteiger partial charge in [-0.05, 0) is 42.3 Å². The van der Waals surface area contributed by atoms with Crippen LogP contribution in [0.2, 0.25) is 0 Å². The number of hydrogen-bond acceptors (Lipinski definition) is 5. The molecule has 0 fully saturated rings. The lowest BCUT2D eigenvalue weighted by molar-refractivity contribution is 0.245. The van der Waals surface area contributed by atoms with Crippen molar-refractivity contribution in [3.05, 3.63) is 70.0 Å². The Bertz CT molecular complexity index is 952. The Kier molecular flexibility index (Phi) is 5.55. The summed E-state index contributed by atoms with van der Waals surface area (Å²) in [6.45, 7) is 0.530.